The van der Waals surface area contributed by atoms with Crippen molar-refractivity contribution in [1.82, 2.24) is 20.8 Å². The van der Waals surface area contributed by atoms with E-state index in [4.69, 9.17) is 5.11 Å². The van der Waals surface area contributed by atoms with E-state index in [1.807, 2.05) is 24.3 Å². The lowest BCUT2D eigenvalue weighted by atomic mass is 10.1. The monoisotopic (exact) mass is 324 g/mol. The number of para-hydroxylation sites is 1. The van der Waals surface area contributed by atoms with Gasteiger partial charge in [0.25, 0.3) is 11.8 Å². The number of amides is 2. The summed E-state index contributed by atoms with van der Waals surface area (Å²) in [6.45, 7) is 0. The lowest BCUT2D eigenvalue weighted by molar-refractivity contribution is -0.131. The van der Waals surface area contributed by atoms with Crippen LogP contribution in [0.25, 0.3) is 21.8 Å². The van der Waals surface area contributed by atoms with Crippen molar-refractivity contribution in [3.8, 4) is 0 Å². The predicted octanol–water partition coefficient (Wildman–Crippen LogP) is 1.12. The molecule has 120 valence electrons. The zero-order chi connectivity index (χ0) is 17.1. The third-order valence-corrected chi connectivity index (χ3v) is 3.30. The van der Waals surface area contributed by atoms with E-state index < -0.39 is 17.8 Å². The summed E-state index contributed by atoms with van der Waals surface area (Å²) in [7, 11) is 0. The Morgan fingerprint density at radius 2 is 1.83 bits per heavy atom. The molecule has 0 unspecified atom stereocenters. The van der Waals surface area contributed by atoms with E-state index in [0.29, 0.717) is 6.08 Å². The smallest absolute Gasteiger partial charge is 0.328 e. The quantitative estimate of drug-likeness (QED) is 0.424. The van der Waals surface area contributed by atoms with Crippen LogP contribution in [0.15, 0.2) is 48.7 Å². The molecule has 3 rings (SSSR count). The van der Waals surface area contributed by atoms with Crippen LogP contribution in [0.2, 0.25) is 0 Å². The largest absolute Gasteiger partial charge is 0.478 e. The number of carboxylic acids is 1. The molecule has 3 aromatic rings. The first-order valence-electron chi connectivity index (χ1n) is 6.92. The summed E-state index contributed by atoms with van der Waals surface area (Å²) in [4.78, 5) is 40.9. The van der Waals surface area contributed by atoms with Crippen molar-refractivity contribution in [1.29, 1.82) is 0 Å². The Hall–Kier alpha value is -3.68. The molecule has 2 aromatic heterocycles. The van der Waals surface area contributed by atoms with E-state index >= 15 is 0 Å². The Morgan fingerprint density at radius 1 is 1.04 bits per heavy atom. The van der Waals surface area contributed by atoms with Crippen LogP contribution in [0.1, 0.15) is 10.5 Å². The number of hydrogen-bond acceptors (Lipinski definition) is 4. The summed E-state index contributed by atoms with van der Waals surface area (Å²) in [6.07, 6.45) is 2.99. The first-order valence-corrected chi connectivity index (χ1v) is 6.92. The molecule has 0 saturated carbocycles. The Balaban J connectivity index is 1.79. The van der Waals surface area contributed by atoms with Crippen LogP contribution in [-0.2, 0) is 9.59 Å². The van der Waals surface area contributed by atoms with Gasteiger partial charge < -0.3 is 10.1 Å². The highest BCUT2D eigenvalue weighted by molar-refractivity contribution is 6.09. The van der Waals surface area contributed by atoms with Crippen LogP contribution < -0.4 is 10.9 Å². The fourth-order valence-corrected chi connectivity index (χ4v) is 2.25. The number of carbonyl (C=O) groups is 3. The number of nitrogens with one attached hydrogen (secondary N) is 3. The van der Waals surface area contributed by atoms with E-state index in [0.717, 1.165) is 27.9 Å². The number of nitrogens with zero attached hydrogens (tertiary/aromatic N) is 1. The molecule has 8 nitrogen and oxygen atoms in total. The number of aromatic amines is 1. The van der Waals surface area contributed by atoms with Crippen molar-refractivity contribution in [3.05, 3.63) is 54.4 Å². The Bertz CT molecular complexity index is 990. The highest BCUT2D eigenvalue weighted by atomic mass is 16.4. The molecular weight excluding hydrogens is 312 g/mol. The van der Waals surface area contributed by atoms with E-state index in [2.05, 4.69) is 20.8 Å². The SMILES string of the molecule is O=C(O)/C=C\C(=O)NNC(=O)c1cc2c(cn1)[nH]c1ccccc12. The second kappa shape index (κ2) is 6.21. The maximum atomic E-state index is 12.0. The van der Waals surface area contributed by atoms with Gasteiger partial charge in [-0.05, 0) is 12.1 Å². The van der Waals surface area contributed by atoms with Gasteiger partial charge in [-0.2, -0.15) is 0 Å². The number of carboxylic acid groups (broad SMARTS) is 1. The van der Waals surface area contributed by atoms with E-state index in [1.165, 1.54) is 6.20 Å². The number of aliphatic carboxylic acids is 1. The number of aromatic nitrogens is 2. The van der Waals surface area contributed by atoms with Gasteiger partial charge in [-0.15, -0.1) is 0 Å². The minimum absolute atomic E-state index is 0.120. The molecule has 0 atom stereocenters. The van der Waals surface area contributed by atoms with Crippen molar-refractivity contribution < 1.29 is 19.5 Å². The van der Waals surface area contributed by atoms with Crippen molar-refractivity contribution >= 4 is 39.6 Å². The van der Waals surface area contributed by atoms with E-state index in [-0.39, 0.29) is 5.69 Å². The van der Waals surface area contributed by atoms with Gasteiger partial charge >= 0.3 is 5.97 Å². The minimum Gasteiger partial charge on any atom is -0.478 e. The van der Waals surface area contributed by atoms with Crippen LogP contribution in [0.3, 0.4) is 0 Å². The number of pyridine rings is 1. The molecule has 0 aliphatic heterocycles. The van der Waals surface area contributed by atoms with Gasteiger partial charge in [-0.3, -0.25) is 20.4 Å². The summed E-state index contributed by atoms with van der Waals surface area (Å²) in [5.41, 5.74) is 6.09. The summed E-state index contributed by atoms with van der Waals surface area (Å²) in [5, 5.41) is 10.2. The van der Waals surface area contributed by atoms with Crippen LogP contribution in [0, 0.1) is 0 Å². The molecule has 2 heterocycles. The highest BCUT2D eigenvalue weighted by Gasteiger charge is 2.11. The van der Waals surface area contributed by atoms with Crippen molar-refractivity contribution in [2.45, 2.75) is 0 Å². The molecule has 0 bridgehead atoms. The zero-order valence-corrected chi connectivity index (χ0v) is 12.2. The van der Waals surface area contributed by atoms with Gasteiger partial charge in [-0.25, -0.2) is 9.78 Å². The second-order valence-electron chi connectivity index (χ2n) is 4.90. The van der Waals surface area contributed by atoms with Gasteiger partial charge in [0.15, 0.2) is 0 Å². The third-order valence-electron chi connectivity index (χ3n) is 3.30. The Morgan fingerprint density at radius 3 is 2.62 bits per heavy atom. The normalized spacial score (nSPS) is 11.0. The molecule has 0 saturated heterocycles. The average Bonchev–Trinajstić information content (AvgIpc) is 2.95. The van der Waals surface area contributed by atoms with Gasteiger partial charge in [0.05, 0.1) is 11.7 Å². The van der Waals surface area contributed by atoms with Gasteiger partial charge in [-0.1, -0.05) is 18.2 Å². The first kappa shape index (κ1) is 15.2. The molecular formula is C16H12N4O4. The van der Waals surface area contributed by atoms with Crippen molar-refractivity contribution in [3.63, 3.8) is 0 Å². The lowest BCUT2D eigenvalue weighted by Gasteiger charge is -2.04. The van der Waals surface area contributed by atoms with Crippen LogP contribution in [0.5, 0.6) is 0 Å². The van der Waals surface area contributed by atoms with Crippen LogP contribution >= 0.6 is 0 Å². The molecule has 0 fully saturated rings. The fourth-order valence-electron chi connectivity index (χ4n) is 2.25. The molecule has 8 heteroatoms. The molecule has 0 spiro atoms. The van der Waals surface area contributed by atoms with E-state index in [1.54, 1.807) is 6.07 Å². The molecule has 24 heavy (non-hydrogen) atoms. The van der Waals surface area contributed by atoms with Gasteiger partial charge in [0.2, 0.25) is 0 Å². The van der Waals surface area contributed by atoms with Crippen LogP contribution in [0.4, 0.5) is 0 Å². The summed E-state index contributed by atoms with van der Waals surface area (Å²) >= 11 is 0. The second-order valence-corrected chi connectivity index (χ2v) is 4.90. The number of hydrogen-bond donors (Lipinski definition) is 4. The fraction of sp³-hybridized carbons (Fsp3) is 0. The van der Waals surface area contributed by atoms with Crippen LogP contribution in [-0.4, -0.2) is 32.9 Å². The van der Waals surface area contributed by atoms with Gasteiger partial charge in [0.1, 0.15) is 5.69 Å². The minimum atomic E-state index is -1.26. The average molecular weight is 324 g/mol. The number of hydrazine groups is 1. The first-order chi connectivity index (χ1) is 11.5. The Labute approximate surface area is 135 Å². The molecule has 2 amide bonds. The Kier molecular flexibility index (Phi) is 3.94. The number of H-pyrrole nitrogens is 1. The number of fused-ring (bicyclic) bond motifs is 3. The highest BCUT2D eigenvalue weighted by Crippen LogP contribution is 2.24. The van der Waals surface area contributed by atoms with E-state index in [9.17, 15) is 14.4 Å². The van der Waals surface area contributed by atoms with Gasteiger partial charge in [0, 0.05) is 28.4 Å². The summed E-state index contributed by atoms with van der Waals surface area (Å²) < 4.78 is 0. The maximum Gasteiger partial charge on any atom is 0.328 e. The standard InChI is InChI=1S/C16H12N4O4/c21-14(5-6-15(22)23)19-20-16(24)12-7-10-9-3-1-2-4-11(9)18-13(10)8-17-12/h1-8,18H,(H,19,21)(H,20,24)(H,22,23)/b6-5-. The lowest BCUT2D eigenvalue weighted by Crippen LogP contribution is -2.41. The third kappa shape index (κ3) is 3.07. The van der Waals surface area contributed by atoms with Crippen molar-refractivity contribution in [2.24, 2.45) is 0 Å². The maximum absolute atomic E-state index is 12.0. The molecule has 0 aliphatic rings. The molecule has 0 aliphatic carbocycles. The molecule has 4 N–H and O–H groups in total. The summed E-state index contributed by atoms with van der Waals surface area (Å²) in [6, 6.07) is 9.25. The zero-order valence-electron chi connectivity index (χ0n) is 12.2. The number of carbonyl (C=O) groups excluding carboxylic acids is 2. The summed E-state index contributed by atoms with van der Waals surface area (Å²) in [5.74, 6) is -2.64. The number of benzene rings is 1. The number of rotatable bonds is 3. The predicted molar refractivity (Wildman–Crippen MR) is 86.0 cm³/mol. The molecule has 0 radical (unpaired) electrons. The molecule has 1 aromatic carbocycles. The van der Waals surface area contributed by atoms with Crippen molar-refractivity contribution in [2.75, 3.05) is 0 Å². The topological polar surface area (TPSA) is 124 Å².